The summed E-state index contributed by atoms with van der Waals surface area (Å²) in [6.07, 6.45) is 1.61. The fourth-order valence-electron chi connectivity index (χ4n) is 4.34. The number of nitrogens with one attached hydrogen (secondary N) is 3. The van der Waals surface area contributed by atoms with E-state index >= 15 is 0 Å². The van der Waals surface area contributed by atoms with Gasteiger partial charge in [0.15, 0.2) is 6.54 Å². The SMILES string of the molecule is CC(C)c1cccc(C(C)C)c1NC(=O)C[NH+]1CCC(C(=O)Nc2ccccc2)CC1. The Morgan fingerprint density at radius 3 is 2.00 bits per heavy atom. The van der Waals surface area contributed by atoms with Crippen molar-refractivity contribution in [3.63, 3.8) is 0 Å². The van der Waals surface area contributed by atoms with Crippen LogP contribution in [0.15, 0.2) is 48.5 Å². The molecule has 31 heavy (non-hydrogen) atoms. The summed E-state index contributed by atoms with van der Waals surface area (Å²) in [4.78, 5) is 26.7. The van der Waals surface area contributed by atoms with Crippen molar-refractivity contribution < 1.29 is 14.5 Å². The number of hydrogen-bond donors (Lipinski definition) is 3. The van der Waals surface area contributed by atoms with Gasteiger partial charge >= 0.3 is 0 Å². The lowest BCUT2D eigenvalue weighted by Crippen LogP contribution is -3.14. The molecule has 1 saturated heterocycles. The normalized spacial score (nSPS) is 18.8. The second-order valence-electron chi connectivity index (χ2n) is 9.23. The average Bonchev–Trinajstić information content (AvgIpc) is 2.74. The second kappa shape index (κ2) is 10.6. The minimum Gasteiger partial charge on any atom is -0.327 e. The van der Waals surface area contributed by atoms with E-state index in [1.54, 1.807) is 0 Å². The molecule has 3 N–H and O–H groups in total. The van der Waals surface area contributed by atoms with Crippen molar-refractivity contribution in [3.8, 4) is 0 Å². The van der Waals surface area contributed by atoms with Crippen molar-refractivity contribution in [2.45, 2.75) is 52.4 Å². The van der Waals surface area contributed by atoms with Gasteiger partial charge < -0.3 is 15.5 Å². The fraction of sp³-hybridized carbons (Fsp3) is 0.462. The van der Waals surface area contributed by atoms with Crippen LogP contribution in [0.2, 0.25) is 0 Å². The molecule has 5 heteroatoms. The third kappa shape index (κ3) is 6.17. The quantitative estimate of drug-likeness (QED) is 0.635. The molecule has 5 nitrogen and oxygen atoms in total. The first-order valence-corrected chi connectivity index (χ1v) is 11.5. The first-order chi connectivity index (χ1) is 14.8. The summed E-state index contributed by atoms with van der Waals surface area (Å²) < 4.78 is 0. The third-order valence-corrected chi connectivity index (χ3v) is 6.15. The van der Waals surface area contributed by atoms with Crippen LogP contribution in [0.5, 0.6) is 0 Å². The van der Waals surface area contributed by atoms with Crippen LogP contribution in [0.3, 0.4) is 0 Å². The van der Waals surface area contributed by atoms with Crippen LogP contribution < -0.4 is 15.5 Å². The molecular weight excluding hydrogens is 386 g/mol. The van der Waals surface area contributed by atoms with Crippen LogP contribution >= 0.6 is 0 Å². The largest absolute Gasteiger partial charge is 0.327 e. The summed E-state index contributed by atoms with van der Waals surface area (Å²) in [5, 5.41) is 6.22. The van der Waals surface area contributed by atoms with E-state index in [0.717, 1.165) is 37.3 Å². The standard InChI is InChI=1S/C26H35N3O2/c1-18(2)22-11-8-12-23(19(3)4)25(22)28-24(30)17-29-15-13-20(14-16-29)26(31)27-21-9-6-5-7-10-21/h5-12,18-20H,13-17H2,1-4H3,(H,27,31)(H,28,30)/p+1. The highest BCUT2D eigenvalue weighted by atomic mass is 16.2. The van der Waals surface area contributed by atoms with Gasteiger partial charge in [-0.3, -0.25) is 9.59 Å². The lowest BCUT2D eigenvalue weighted by Gasteiger charge is -2.28. The van der Waals surface area contributed by atoms with Gasteiger partial charge in [-0.05, 0) is 35.1 Å². The highest BCUT2D eigenvalue weighted by molar-refractivity contribution is 5.94. The monoisotopic (exact) mass is 422 g/mol. The van der Waals surface area contributed by atoms with E-state index < -0.39 is 0 Å². The van der Waals surface area contributed by atoms with E-state index in [1.165, 1.54) is 16.0 Å². The van der Waals surface area contributed by atoms with Gasteiger partial charge in [0.05, 0.1) is 13.1 Å². The van der Waals surface area contributed by atoms with E-state index in [4.69, 9.17) is 0 Å². The number of likely N-dealkylation sites (tertiary alicyclic amines) is 1. The van der Waals surface area contributed by atoms with E-state index in [0.29, 0.717) is 18.4 Å². The number of hydrogen-bond acceptors (Lipinski definition) is 2. The summed E-state index contributed by atoms with van der Waals surface area (Å²) >= 11 is 0. The summed E-state index contributed by atoms with van der Waals surface area (Å²) in [5.74, 6) is 0.848. The number of piperidine rings is 1. The van der Waals surface area contributed by atoms with Crippen LogP contribution in [-0.2, 0) is 9.59 Å². The lowest BCUT2D eigenvalue weighted by molar-refractivity contribution is -0.897. The number of benzene rings is 2. The summed E-state index contributed by atoms with van der Waals surface area (Å²) in [7, 11) is 0. The molecule has 0 aromatic heterocycles. The van der Waals surface area contributed by atoms with Crippen LogP contribution in [0.4, 0.5) is 11.4 Å². The van der Waals surface area contributed by atoms with Gasteiger partial charge in [-0.25, -0.2) is 0 Å². The first kappa shape index (κ1) is 23.0. The molecule has 0 unspecified atom stereocenters. The number of carbonyl (C=O) groups excluding carboxylic acids is 2. The molecule has 2 amide bonds. The summed E-state index contributed by atoms with van der Waals surface area (Å²) in [5.41, 5.74) is 4.19. The molecule has 1 fully saturated rings. The topological polar surface area (TPSA) is 62.6 Å². The zero-order chi connectivity index (χ0) is 22.4. The molecule has 2 aromatic rings. The molecule has 2 aromatic carbocycles. The van der Waals surface area contributed by atoms with Crippen molar-refractivity contribution in [2.24, 2.45) is 5.92 Å². The second-order valence-corrected chi connectivity index (χ2v) is 9.23. The number of amides is 2. The van der Waals surface area contributed by atoms with E-state index in [9.17, 15) is 9.59 Å². The van der Waals surface area contributed by atoms with Crippen LogP contribution in [-0.4, -0.2) is 31.4 Å². The predicted octanol–water partition coefficient (Wildman–Crippen LogP) is 3.81. The summed E-state index contributed by atoms with van der Waals surface area (Å²) in [6.45, 7) is 10.7. The Morgan fingerprint density at radius 2 is 1.45 bits per heavy atom. The van der Waals surface area contributed by atoms with Crippen molar-refractivity contribution in [1.82, 2.24) is 0 Å². The summed E-state index contributed by atoms with van der Waals surface area (Å²) in [6, 6.07) is 15.9. The zero-order valence-electron chi connectivity index (χ0n) is 19.2. The Balaban J connectivity index is 1.54. The minimum atomic E-state index is 0.0150. The molecular formula is C26H36N3O2+. The molecule has 0 bridgehead atoms. The maximum atomic E-state index is 12.9. The Labute approximate surface area is 186 Å². The Kier molecular flexibility index (Phi) is 7.85. The van der Waals surface area contributed by atoms with E-state index in [2.05, 4.69) is 56.5 Å². The Hall–Kier alpha value is -2.66. The number of quaternary nitrogens is 1. The molecule has 0 aliphatic carbocycles. The molecule has 3 rings (SSSR count). The minimum absolute atomic E-state index is 0.0150. The number of para-hydroxylation sites is 2. The predicted molar refractivity (Wildman–Crippen MR) is 127 cm³/mol. The highest BCUT2D eigenvalue weighted by Crippen LogP contribution is 2.32. The third-order valence-electron chi connectivity index (χ3n) is 6.15. The zero-order valence-corrected chi connectivity index (χ0v) is 19.2. The van der Waals surface area contributed by atoms with Gasteiger partial charge in [0.1, 0.15) is 0 Å². The van der Waals surface area contributed by atoms with Crippen LogP contribution in [0.1, 0.15) is 63.5 Å². The van der Waals surface area contributed by atoms with Crippen LogP contribution in [0.25, 0.3) is 0 Å². The highest BCUT2D eigenvalue weighted by Gasteiger charge is 2.29. The van der Waals surface area contributed by atoms with Crippen LogP contribution in [0, 0.1) is 5.92 Å². The molecule has 0 saturated carbocycles. The van der Waals surface area contributed by atoms with Gasteiger partial charge in [0.2, 0.25) is 5.91 Å². The first-order valence-electron chi connectivity index (χ1n) is 11.5. The van der Waals surface area contributed by atoms with Gasteiger partial charge in [0, 0.05) is 30.1 Å². The lowest BCUT2D eigenvalue weighted by atomic mass is 9.92. The number of rotatable bonds is 7. The van der Waals surface area contributed by atoms with E-state index in [1.807, 2.05) is 30.3 Å². The van der Waals surface area contributed by atoms with E-state index in [-0.39, 0.29) is 17.7 Å². The van der Waals surface area contributed by atoms with Crippen molar-refractivity contribution >= 4 is 23.2 Å². The Bertz CT molecular complexity index is 859. The fourth-order valence-corrected chi connectivity index (χ4v) is 4.34. The average molecular weight is 423 g/mol. The molecule has 1 aliphatic rings. The maximum absolute atomic E-state index is 12.9. The molecule has 1 aliphatic heterocycles. The van der Waals surface area contributed by atoms with Crippen molar-refractivity contribution in [2.75, 3.05) is 30.3 Å². The van der Waals surface area contributed by atoms with Gasteiger partial charge in [0.25, 0.3) is 5.91 Å². The molecule has 0 spiro atoms. The molecule has 166 valence electrons. The maximum Gasteiger partial charge on any atom is 0.279 e. The number of carbonyl (C=O) groups is 2. The van der Waals surface area contributed by atoms with Gasteiger partial charge in [-0.1, -0.05) is 64.1 Å². The van der Waals surface area contributed by atoms with Gasteiger partial charge in [-0.15, -0.1) is 0 Å². The van der Waals surface area contributed by atoms with Crippen molar-refractivity contribution in [1.29, 1.82) is 0 Å². The van der Waals surface area contributed by atoms with Crippen molar-refractivity contribution in [3.05, 3.63) is 59.7 Å². The van der Waals surface area contributed by atoms with Gasteiger partial charge in [-0.2, -0.15) is 0 Å². The Morgan fingerprint density at radius 1 is 0.871 bits per heavy atom. The number of anilines is 2. The smallest absolute Gasteiger partial charge is 0.279 e. The molecule has 0 atom stereocenters. The molecule has 0 radical (unpaired) electrons. The molecule has 1 heterocycles.